The minimum Gasteiger partial charge on any atom is -0.335 e. The van der Waals surface area contributed by atoms with Gasteiger partial charge in [0.15, 0.2) is 11.6 Å². The molecule has 1 atom stereocenters. The van der Waals surface area contributed by atoms with Crippen LogP contribution in [0.1, 0.15) is 42.7 Å². The van der Waals surface area contributed by atoms with Crippen LogP contribution in [0.25, 0.3) is 0 Å². The molecule has 2 aromatic carbocycles. The largest absolute Gasteiger partial charge is 0.335 e. The molecule has 9 heteroatoms. The van der Waals surface area contributed by atoms with Gasteiger partial charge in [0.25, 0.3) is 5.91 Å². The molecule has 0 aromatic heterocycles. The Balaban J connectivity index is 2.40. The number of hydrogen-bond acceptors (Lipinski definition) is 3. The summed E-state index contributed by atoms with van der Waals surface area (Å²) in [7, 11) is -2.29. The highest BCUT2D eigenvalue weighted by Gasteiger charge is 2.26. The van der Waals surface area contributed by atoms with Crippen LogP contribution in [0.5, 0.6) is 0 Å². The molecule has 5 nitrogen and oxygen atoms in total. The lowest BCUT2D eigenvalue weighted by Gasteiger charge is -2.26. The van der Waals surface area contributed by atoms with Gasteiger partial charge in [0.2, 0.25) is 10.0 Å². The molecule has 0 saturated heterocycles. The molecule has 0 aliphatic heterocycles. The lowest BCUT2D eigenvalue weighted by atomic mass is 10.1. The first kappa shape index (κ1) is 23.3. The van der Waals surface area contributed by atoms with Gasteiger partial charge in [-0.15, -0.1) is 0 Å². The van der Waals surface area contributed by atoms with E-state index in [0.29, 0.717) is 5.56 Å². The maximum Gasteiger partial charge on any atom is 0.255 e. The Morgan fingerprint density at radius 3 is 2.24 bits per heavy atom. The summed E-state index contributed by atoms with van der Waals surface area (Å²) in [6.45, 7) is 5.67. The van der Waals surface area contributed by atoms with Gasteiger partial charge in [0.05, 0.1) is 21.5 Å². The Hall–Kier alpha value is -2.03. The van der Waals surface area contributed by atoms with Crippen molar-refractivity contribution in [3.8, 4) is 0 Å². The molecule has 1 unspecified atom stereocenters. The van der Waals surface area contributed by atoms with E-state index >= 15 is 0 Å². The molecular formula is C20H23ClF2N2O3S. The van der Waals surface area contributed by atoms with Gasteiger partial charge in [-0.2, -0.15) is 4.31 Å². The lowest BCUT2D eigenvalue weighted by Crippen LogP contribution is -2.32. The average molecular weight is 445 g/mol. The van der Waals surface area contributed by atoms with Gasteiger partial charge >= 0.3 is 0 Å². The topological polar surface area (TPSA) is 57.7 Å². The molecule has 0 N–H and O–H groups in total. The predicted octanol–water partition coefficient (Wildman–Crippen LogP) is 4.48. The SMILES string of the molecule is CCN(CC)S(=O)(=O)c1ccc(Cl)c(C(=O)N(C)C(C)c2ccc(F)c(F)c2)c1. The van der Waals surface area contributed by atoms with Crippen molar-refractivity contribution in [3.05, 3.63) is 64.2 Å². The summed E-state index contributed by atoms with van der Waals surface area (Å²) in [5.41, 5.74) is 0.402. The molecule has 1 amide bonds. The lowest BCUT2D eigenvalue weighted by molar-refractivity contribution is 0.0742. The molecular weight excluding hydrogens is 422 g/mol. The van der Waals surface area contributed by atoms with Crippen molar-refractivity contribution in [2.24, 2.45) is 0 Å². The minimum absolute atomic E-state index is 0.0110. The second-order valence-corrected chi connectivity index (χ2v) is 8.84. The molecule has 0 aliphatic rings. The van der Waals surface area contributed by atoms with Crippen LogP contribution < -0.4 is 0 Å². The zero-order valence-electron chi connectivity index (χ0n) is 16.6. The smallest absolute Gasteiger partial charge is 0.255 e. The first-order valence-corrected chi connectivity index (χ1v) is 10.9. The second-order valence-electron chi connectivity index (χ2n) is 6.50. The van der Waals surface area contributed by atoms with Crippen LogP contribution in [0.4, 0.5) is 8.78 Å². The van der Waals surface area contributed by atoms with Gasteiger partial charge in [0.1, 0.15) is 0 Å². The van der Waals surface area contributed by atoms with E-state index < -0.39 is 33.6 Å². The summed E-state index contributed by atoms with van der Waals surface area (Å²) in [4.78, 5) is 14.2. The molecule has 0 saturated carbocycles. The number of hydrogen-bond donors (Lipinski definition) is 0. The highest BCUT2D eigenvalue weighted by molar-refractivity contribution is 7.89. The number of benzene rings is 2. The number of carbonyl (C=O) groups is 1. The van der Waals surface area contributed by atoms with Gasteiger partial charge in [-0.1, -0.05) is 31.5 Å². The third-order valence-electron chi connectivity index (χ3n) is 4.84. The molecule has 0 fully saturated rings. The Morgan fingerprint density at radius 1 is 1.07 bits per heavy atom. The zero-order chi connectivity index (χ0) is 21.9. The number of carbonyl (C=O) groups excluding carboxylic acids is 1. The molecule has 0 spiro atoms. The second kappa shape index (κ2) is 9.19. The Morgan fingerprint density at radius 2 is 1.69 bits per heavy atom. The van der Waals surface area contributed by atoms with Crippen LogP contribution >= 0.6 is 11.6 Å². The van der Waals surface area contributed by atoms with Crippen molar-refractivity contribution in [3.63, 3.8) is 0 Å². The summed E-state index contributed by atoms with van der Waals surface area (Å²) in [5, 5.41) is 0.0952. The van der Waals surface area contributed by atoms with Crippen LogP contribution in [-0.2, 0) is 10.0 Å². The van der Waals surface area contributed by atoms with Gasteiger partial charge < -0.3 is 4.90 Å². The van der Waals surface area contributed by atoms with Crippen LogP contribution in [0.15, 0.2) is 41.3 Å². The highest BCUT2D eigenvalue weighted by atomic mass is 35.5. The molecule has 0 radical (unpaired) electrons. The van der Waals surface area contributed by atoms with E-state index in [1.807, 2.05) is 0 Å². The van der Waals surface area contributed by atoms with E-state index in [2.05, 4.69) is 0 Å². The van der Waals surface area contributed by atoms with Crippen molar-refractivity contribution in [2.45, 2.75) is 31.7 Å². The summed E-state index contributed by atoms with van der Waals surface area (Å²) < 4.78 is 53.5. The standard InChI is InChI=1S/C20H23ClF2N2O3S/c1-5-25(6-2)29(27,28)15-8-9-17(21)16(12-15)20(26)24(4)13(3)14-7-10-18(22)19(23)11-14/h7-13H,5-6H2,1-4H3. The number of amides is 1. The minimum atomic E-state index is -3.77. The van der Waals surface area contributed by atoms with Gasteiger partial charge in [-0.3, -0.25) is 4.79 Å². The monoisotopic (exact) mass is 444 g/mol. The summed E-state index contributed by atoms with van der Waals surface area (Å²) >= 11 is 6.16. The zero-order valence-corrected chi connectivity index (χ0v) is 18.2. The maximum atomic E-state index is 13.5. The van der Waals surface area contributed by atoms with Crippen LogP contribution in [0.2, 0.25) is 5.02 Å². The summed E-state index contributed by atoms with van der Waals surface area (Å²) in [5.74, 6) is -2.53. The van der Waals surface area contributed by atoms with E-state index in [0.717, 1.165) is 12.1 Å². The van der Waals surface area contributed by atoms with E-state index in [4.69, 9.17) is 11.6 Å². The van der Waals surface area contributed by atoms with E-state index in [1.165, 1.54) is 40.5 Å². The summed E-state index contributed by atoms with van der Waals surface area (Å²) in [6.07, 6.45) is 0. The third kappa shape index (κ3) is 4.76. The van der Waals surface area contributed by atoms with Gasteiger partial charge in [-0.05, 0) is 42.8 Å². The fourth-order valence-corrected chi connectivity index (χ4v) is 4.59. The van der Waals surface area contributed by atoms with Crippen molar-refractivity contribution in [2.75, 3.05) is 20.1 Å². The van der Waals surface area contributed by atoms with E-state index in [-0.39, 0.29) is 28.6 Å². The van der Waals surface area contributed by atoms with Crippen molar-refractivity contribution in [1.29, 1.82) is 0 Å². The normalized spacial score (nSPS) is 12.8. The molecule has 0 bridgehead atoms. The first-order valence-electron chi connectivity index (χ1n) is 9.06. The molecule has 0 heterocycles. The Labute approximate surface area is 174 Å². The van der Waals surface area contributed by atoms with Crippen molar-refractivity contribution >= 4 is 27.5 Å². The maximum absolute atomic E-state index is 13.5. The van der Waals surface area contributed by atoms with Crippen molar-refractivity contribution < 1.29 is 22.0 Å². The number of nitrogens with zero attached hydrogens (tertiary/aromatic N) is 2. The number of rotatable bonds is 7. The highest BCUT2D eigenvalue weighted by Crippen LogP contribution is 2.27. The van der Waals surface area contributed by atoms with Gasteiger partial charge in [0, 0.05) is 20.1 Å². The Kier molecular flexibility index (Phi) is 7.37. The van der Waals surface area contributed by atoms with Crippen LogP contribution in [-0.4, -0.2) is 43.7 Å². The van der Waals surface area contributed by atoms with Gasteiger partial charge in [-0.25, -0.2) is 17.2 Å². The Bertz CT molecular complexity index is 1010. The fraction of sp³-hybridized carbons (Fsp3) is 0.350. The van der Waals surface area contributed by atoms with E-state index in [9.17, 15) is 22.0 Å². The average Bonchev–Trinajstić information content (AvgIpc) is 2.69. The number of sulfonamides is 1. The fourth-order valence-electron chi connectivity index (χ4n) is 2.90. The molecule has 158 valence electrons. The molecule has 0 aliphatic carbocycles. The molecule has 2 aromatic rings. The van der Waals surface area contributed by atoms with Crippen LogP contribution in [0, 0.1) is 11.6 Å². The molecule has 2 rings (SSSR count). The summed E-state index contributed by atoms with van der Waals surface area (Å²) in [6, 6.07) is 6.75. The van der Waals surface area contributed by atoms with E-state index in [1.54, 1.807) is 20.8 Å². The first-order chi connectivity index (χ1) is 13.5. The molecule has 29 heavy (non-hydrogen) atoms. The van der Waals surface area contributed by atoms with Crippen LogP contribution in [0.3, 0.4) is 0 Å². The van der Waals surface area contributed by atoms with Crippen molar-refractivity contribution in [1.82, 2.24) is 9.21 Å². The number of halogens is 3. The quantitative estimate of drug-likeness (QED) is 0.632. The third-order valence-corrected chi connectivity index (χ3v) is 7.21. The predicted molar refractivity (Wildman–Crippen MR) is 108 cm³/mol.